The van der Waals surface area contributed by atoms with Crippen molar-refractivity contribution in [1.82, 2.24) is 0 Å². The largest absolute Gasteiger partial charge is 0.508 e. The van der Waals surface area contributed by atoms with Crippen molar-refractivity contribution in [2.75, 3.05) is 5.32 Å². The van der Waals surface area contributed by atoms with Crippen molar-refractivity contribution in [1.29, 1.82) is 0 Å². The van der Waals surface area contributed by atoms with Crippen molar-refractivity contribution in [3.05, 3.63) is 24.3 Å². The van der Waals surface area contributed by atoms with Gasteiger partial charge in [-0.2, -0.15) is 0 Å². The Morgan fingerprint density at radius 3 is 1.78 bits per heavy atom. The molecule has 0 fully saturated rings. The normalized spacial score (nSPS) is 10.4. The molecule has 0 bridgehead atoms. The summed E-state index contributed by atoms with van der Waals surface area (Å²) in [4.78, 5) is 22.1. The zero-order chi connectivity index (χ0) is 16.9. The molecule has 0 radical (unpaired) electrons. The predicted octanol–water partition coefficient (Wildman–Crippen LogP) is 4.32. The van der Waals surface area contributed by atoms with Crippen LogP contribution in [0.4, 0.5) is 5.69 Å². The van der Waals surface area contributed by atoms with Crippen LogP contribution in [0.15, 0.2) is 24.3 Å². The molecule has 0 saturated heterocycles. The highest BCUT2D eigenvalue weighted by Crippen LogP contribution is 2.15. The lowest BCUT2D eigenvalue weighted by Crippen LogP contribution is -2.10. The number of carboxylic acids is 1. The minimum atomic E-state index is -0.712. The zero-order valence-corrected chi connectivity index (χ0v) is 13.6. The summed E-state index contributed by atoms with van der Waals surface area (Å²) in [6.45, 7) is 0. The molecule has 128 valence electrons. The average molecular weight is 321 g/mol. The van der Waals surface area contributed by atoms with Gasteiger partial charge in [-0.15, -0.1) is 0 Å². The molecule has 0 aromatic heterocycles. The second kappa shape index (κ2) is 11.5. The Kier molecular flexibility index (Phi) is 9.52. The summed E-state index contributed by atoms with van der Waals surface area (Å²) >= 11 is 0. The van der Waals surface area contributed by atoms with Crippen LogP contribution < -0.4 is 5.32 Å². The summed E-state index contributed by atoms with van der Waals surface area (Å²) in [6.07, 6.45) is 8.96. The van der Waals surface area contributed by atoms with Gasteiger partial charge in [-0.05, 0) is 37.1 Å². The quantitative estimate of drug-likeness (QED) is 0.395. The molecule has 0 aliphatic carbocycles. The summed E-state index contributed by atoms with van der Waals surface area (Å²) in [5.41, 5.74) is 0.703. The smallest absolute Gasteiger partial charge is 0.303 e. The van der Waals surface area contributed by atoms with E-state index in [0.717, 1.165) is 51.4 Å². The number of phenolic OH excluding ortho intramolecular Hbond substituents is 1. The van der Waals surface area contributed by atoms with Crippen LogP contribution in [0.1, 0.15) is 64.2 Å². The van der Waals surface area contributed by atoms with E-state index in [4.69, 9.17) is 10.2 Å². The Balaban J connectivity index is 1.93. The SMILES string of the molecule is O=C(O)CCCCCCCCCCC(=O)Nc1ccc(O)cc1. The summed E-state index contributed by atoms with van der Waals surface area (Å²) in [5, 5.41) is 20.5. The Bertz CT molecular complexity index is 470. The van der Waals surface area contributed by atoms with Gasteiger partial charge in [-0.3, -0.25) is 9.59 Å². The highest BCUT2D eigenvalue weighted by molar-refractivity contribution is 5.90. The Morgan fingerprint density at radius 2 is 1.26 bits per heavy atom. The number of benzene rings is 1. The van der Waals surface area contributed by atoms with Crippen molar-refractivity contribution in [2.45, 2.75) is 64.2 Å². The third-order valence-corrected chi connectivity index (χ3v) is 3.70. The number of hydrogen-bond donors (Lipinski definition) is 3. The standard InChI is InChI=1S/C18H27NO4/c20-16-13-11-15(12-14-16)19-17(21)9-7-5-3-1-2-4-6-8-10-18(22)23/h11-14,20H,1-10H2,(H,19,21)(H,22,23). The molecule has 0 atom stereocenters. The summed E-state index contributed by atoms with van der Waals surface area (Å²) in [7, 11) is 0. The molecule has 5 nitrogen and oxygen atoms in total. The molecule has 1 rings (SSSR count). The van der Waals surface area contributed by atoms with Gasteiger partial charge >= 0.3 is 5.97 Å². The number of hydrogen-bond acceptors (Lipinski definition) is 3. The van der Waals surface area contributed by atoms with E-state index < -0.39 is 5.97 Å². The number of aromatic hydroxyl groups is 1. The van der Waals surface area contributed by atoms with Gasteiger partial charge in [0.2, 0.25) is 5.91 Å². The van der Waals surface area contributed by atoms with Crippen LogP contribution in [0, 0.1) is 0 Å². The van der Waals surface area contributed by atoms with E-state index in [-0.39, 0.29) is 18.1 Å². The second-order valence-electron chi connectivity index (χ2n) is 5.82. The molecular formula is C18H27NO4. The Labute approximate surface area is 137 Å². The van der Waals surface area contributed by atoms with Gasteiger partial charge in [0.25, 0.3) is 0 Å². The summed E-state index contributed by atoms with van der Waals surface area (Å²) in [5.74, 6) is -0.522. The number of carboxylic acid groups (broad SMARTS) is 1. The van der Waals surface area contributed by atoms with E-state index in [9.17, 15) is 9.59 Å². The molecule has 0 heterocycles. The number of amides is 1. The van der Waals surface area contributed by atoms with Crippen molar-refractivity contribution in [3.63, 3.8) is 0 Å². The highest BCUT2D eigenvalue weighted by atomic mass is 16.4. The molecule has 1 aromatic rings. The molecular weight excluding hydrogens is 294 g/mol. The molecule has 0 spiro atoms. The number of carbonyl (C=O) groups is 2. The molecule has 0 aliphatic heterocycles. The molecule has 23 heavy (non-hydrogen) atoms. The van der Waals surface area contributed by atoms with E-state index in [1.165, 1.54) is 0 Å². The molecule has 1 aromatic carbocycles. The number of carbonyl (C=O) groups excluding carboxylic acids is 1. The maximum Gasteiger partial charge on any atom is 0.303 e. The molecule has 0 unspecified atom stereocenters. The van der Waals surface area contributed by atoms with Crippen LogP contribution in [-0.4, -0.2) is 22.1 Å². The number of anilines is 1. The lowest BCUT2D eigenvalue weighted by Gasteiger charge is -2.05. The topological polar surface area (TPSA) is 86.6 Å². The van der Waals surface area contributed by atoms with Crippen LogP contribution >= 0.6 is 0 Å². The lowest BCUT2D eigenvalue weighted by molar-refractivity contribution is -0.137. The number of rotatable bonds is 12. The predicted molar refractivity (Wildman–Crippen MR) is 90.5 cm³/mol. The first-order valence-corrected chi connectivity index (χ1v) is 8.38. The first-order valence-electron chi connectivity index (χ1n) is 8.38. The second-order valence-corrected chi connectivity index (χ2v) is 5.82. The van der Waals surface area contributed by atoms with E-state index in [1.54, 1.807) is 24.3 Å². The minimum absolute atomic E-state index is 0.00404. The first kappa shape index (κ1) is 19.0. The minimum Gasteiger partial charge on any atom is -0.508 e. The van der Waals surface area contributed by atoms with Crippen LogP contribution in [0.2, 0.25) is 0 Å². The van der Waals surface area contributed by atoms with E-state index in [1.807, 2.05) is 0 Å². The Morgan fingerprint density at radius 1 is 0.783 bits per heavy atom. The van der Waals surface area contributed by atoms with Gasteiger partial charge in [0.15, 0.2) is 0 Å². The van der Waals surface area contributed by atoms with E-state index in [0.29, 0.717) is 12.1 Å². The van der Waals surface area contributed by atoms with Gasteiger partial charge in [-0.1, -0.05) is 38.5 Å². The van der Waals surface area contributed by atoms with Crippen LogP contribution in [0.3, 0.4) is 0 Å². The van der Waals surface area contributed by atoms with Crippen molar-refractivity contribution in [2.24, 2.45) is 0 Å². The van der Waals surface area contributed by atoms with Gasteiger partial charge in [0.1, 0.15) is 5.75 Å². The van der Waals surface area contributed by atoms with Crippen LogP contribution in [0.5, 0.6) is 5.75 Å². The Hall–Kier alpha value is -2.04. The third kappa shape index (κ3) is 10.3. The highest BCUT2D eigenvalue weighted by Gasteiger charge is 2.02. The molecule has 5 heteroatoms. The fourth-order valence-electron chi connectivity index (χ4n) is 2.39. The number of aliphatic carboxylic acids is 1. The van der Waals surface area contributed by atoms with Gasteiger partial charge < -0.3 is 15.5 Å². The maximum atomic E-state index is 11.7. The maximum absolute atomic E-state index is 11.7. The fraction of sp³-hybridized carbons (Fsp3) is 0.556. The fourth-order valence-corrected chi connectivity index (χ4v) is 2.39. The van der Waals surface area contributed by atoms with Crippen LogP contribution in [0.25, 0.3) is 0 Å². The summed E-state index contributed by atoms with van der Waals surface area (Å²) < 4.78 is 0. The lowest BCUT2D eigenvalue weighted by atomic mass is 10.1. The average Bonchev–Trinajstić information content (AvgIpc) is 2.51. The molecule has 0 saturated carbocycles. The van der Waals surface area contributed by atoms with E-state index >= 15 is 0 Å². The molecule has 3 N–H and O–H groups in total. The number of nitrogens with one attached hydrogen (secondary N) is 1. The zero-order valence-electron chi connectivity index (χ0n) is 13.6. The monoisotopic (exact) mass is 321 g/mol. The third-order valence-electron chi connectivity index (χ3n) is 3.70. The van der Waals surface area contributed by atoms with Crippen molar-refractivity contribution in [3.8, 4) is 5.75 Å². The summed E-state index contributed by atoms with van der Waals surface area (Å²) in [6, 6.07) is 6.45. The molecule has 1 amide bonds. The molecule has 0 aliphatic rings. The van der Waals surface area contributed by atoms with Crippen molar-refractivity contribution >= 4 is 17.6 Å². The van der Waals surface area contributed by atoms with Crippen molar-refractivity contribution < 1.29 is 19.8 Å². The first-order chi connectivity index (χ1) is 11.1. The number of unbranched alkanes of at least 4 members (excludes halogenated alkanes) is 7. The van der Waals surface area contributed by atoms with Gasteiger partial charge in [0.05, 0.1) is 0 Å². The van der Waals surface area contributed by atoms with Crippen LogP contribution in [-0.2, 0) is 9.59 Å². The number of phenols is 1. The van der Waals surface area contributed by atoms with Gasteiger partial charge in [-0.25, -0.2) is 0 Å². The van der Waals surface area contributed by atoms with Gasteiger partial charge in [0, 0.05) is 18.5 Å². The van der Waals surface area contributed by atoms with E-state index in [2.05, 4.69) is 5.32 Å².